The van der Waals surface area contributed by atoms with Crippen molar-refractivity contribution in [3.05, 3.63) is 35.4 Å². The fraction of sp³-hybridized carbons (Fsp3) is 0.632. The van der Waals surface area contributed by atoms with E-state index in [0.717, 1.165) is 18.7 Å². The number of likely N-dealkylation sites (tertiary alicyclic amines) is 1. The van der Waals surface area contributed by atoms with Crippen LogP contribution in [0.3, 0.4) is 0 Å². The first-order valence-corrected chi connectivity index (χ1v) is 8.89. The van der Waals surface area contributed by atoms with Gasteiger partial charge in [-0.2, -0.15) is 0 Å². The van der Waals surface area contributed by atoms with Gasteiger partial charge >= 0.3 is 0 Å². The first-order chi connectivity index (χ1) is 11.9. The van der Waals surface area contributed by atoms with E-state index in [2.05, 4.69) is 18.7 Å². The highest BCUT2D eigenvalue weighted by Gasteiger charge is 2.45. The molecule has 6 heteroatoms. The highest BCUT2D eigenvalue weighted by molar-refractivity contribution is 5.79. The second kappa shape index (κ2) is 7.38. The summed E-state index contributed by atoms with van der Waals surface area (Å²) in [7, 11) is 0. The molecule has 1 amide bonds. The van der Waals surface area contributed by atoms with Crippen LogP contribution >= 0.6 is 0 Å². The summed E-state index contributed by atoms with van der Waals surface area (Å²) in [5, 5.41) is 0. The van der Waals surface area contributed by atoms with Gasteiger partial charge in [-0.05, 0) is 24.1 Å². The molecule has 0 aromatic heterocycles. The van der Waals surface area contributed by atoms with Gasteiger partial charge in [-0.25, -0.2) is 8.78 Å². The minimum Gasteiger partial charge on any atom is -0.379 e. The van der Waals surface area contributed by atoms with E-state index in [0.29, 0.717) is 57.3 Å². The van der Waals surface area contributed by atoms with Crippen molar-refractivity contribution in [2.24, 2.45) is 11.3 Å². The predicted molar refractivity (Wildman–Crippen MR) is 90.9 cm³/mol. The van der Waals surface area contributed by atoms with Gasteiger partial charge in [0.15, 0.2) is 0 Å². The number of hydrogen-bond donors (Lipinski definition) is 0. The predicted octanol–water partition coefficient (Wildman–Crippen LogP) is 2.67. The molecule has 138 valence electrons. The van der Waals surface area contributed by atoms with Crippen molar-refractivity contribution < 1.29 is 18.3 Å². The molecule has 0 aliphatic carbocycles. The van der Waals surface area contributed by atoms with E-state index in [1.165, 1.54) is 6.07 Å². The summed E-state index contributed by atoms with van der Waals surface area (Å²) < 4.78 is 33.2. The monoisotopic (exact) mass is 352 g/mol. The molecule has 2 fully saturated rings. The van der Waals surface area contributed by atoms with E-state index in [4.69, 9.17) is 4.74 Å². The lowest BCUT2D eigenvalue weighted by atomic mass is 9.87. The Bertz CT molecular complexity index is 638. The van der Waals surface area contributed by atoms with Gasteiger partial charge in [0.05, 0.1) is 13.2 Å². The molecule has 1 spiro atoms. The highest BCUT2D eigenvalue weighted by Crippen LogP contribution is 2.35. The average Bonchev–Trinajstić information content (AvgIpc) is 2.70. The third-order valence-electron chi connectivity index (χ3n) is 4.91. The third-order valence-corrected chi connectivity index (χ3v) is 4.91. The van der Waals surface area contributed by atoms with Gasteiger partial charge in [0, 0.05) is 50.1 Å². The van der Waals surface area contributed by atoms with Crippen molar-refractivity contribution in [1.29, 1.82) is 0 Å². The zero-order valence-corrected chi connectivity index (χ0v) is 14.9. The summed E-state index contributed by atoms with van der Waals surface area (Å²) in [6.45, 7) is 8.33. The van der Waals surface area contributed by atoms with Crippen molar-refractivity contribution in [1.82, 2.24) is 9.80 Å². The molecule has 0 bridgehead atoms. The van der Waals surface area contributed by atoms with E-state index in [1.807, 2.05) is 4.90 Å². The second-order valence-corrected chi connectivity index (χ2v) is 7.84. The molecule has 25 heavy (non-hydrogen) atoms. The van der Waals surface area contributed by atoms with E-state index < -0.39 is 11.6 Å². The topological polar surface area (TPSA) is 32.8 Å². The largest absolute Gasteiger partial charge is 0.379 e. The van der Waals surface area contributed by atoms with Crippen LogP contribution in [0.4, 0.5) is 8.78 Å². The normalized spacial score (nSPS) is 25.2. The lowest BCUT2D eigenvalue weighted by Crippen LogP contribution is -2.41. The zero-order chi connectivity index (χ0) is 18.0. The van der Waals surface area contributed by atoms with Crippen LogP contribution in [-0.4, -0.2) is 55.1 Å². The minimum absolute atomic E-state index is 0.163. The smallest absolute Gasteiger partial charge is 0.223 e. The SMILES string of the molecule is CC(C)CN1C[C@@]2(COCCN(Cc3cc(F)ccc3F)C2)CC1=O. The van der Waals surface area contributed by atoms with Gasteiger partial charge in [-0.15, -0.1) is 0 Å². The number of halogens is 2. The summed E-state index contributed by atoms with van der Waals surface area (Å²) in [5.41, 5.74) is 0.0899. The second-order valence-electron chi connectivity index (χ2n) is 7.84. The Morgan fingerprint density at radius 3 is 2.84 bits per heavy atom. The molecular weight excluding hydrogens is 326 g/mol. The maximum absolute atomic E-state index is 14.0. The highest BCUT2D eigenvalue weighted by atomic mass is 19.1. The number of hydrogen-bond acceptors (Lipinski definition) is 3. The minimum atomic E-state index is -0.434. The summed E-state index contributed by atoms with van der Waals surface area (Å²) in [6.07, 6.45) is 0.460. The number of benzene rings is 1. The summed E-state index contributed by atoms with van der Waals surface area (Å²) >= 11 is 0. The average molecular weight is 352 g/mol. The third kappa shape index (κ3) is 4.36. The quantitative estimate of drug-likeness (QED) is 0.835. The molecular formula is C19H26F2N2O2. The molecule has 1 atom stereocenters. The molecule has 2 aliphatic heterocycles. The number of nitrogens with zero attached hydrogens (tertiary/aromatic N) is 2. The molecule has 0 N–H and O–H groups in total. The van der Waals surface area contributed by atoms with E-state index in [1.54, 1.807) is 0 Å². The number of carbonyl (C=O) groups excluding carboxylic acids is 1. The molecule has 1 aromatic rings. The van der Waals surface area contributed by atoms with Gasteiger partial charge in [0.1, 0.15) is 11.6 Å². The maximum Gasteiger partial charge on any atom is 0.223 e. The first-order valence-electron chi connectivity index (χ1n) is 8.89. The Hall–Kier alpha value is -1.53. The van der Waals surface area contributed by atoms with Gasteiger partial charge in [-0.1, -0.05) is 13.8 Å². The van der Waals surface area contributed by atoms with Crippen LogP contribution in [-0.2, 0) is 16.1 Å². The molecule has 4 nitrogen and oxygen atoms in total. The first kappa shape index (κ1) is 18.3. The van der Waals surface area contributed by atoms with Crippen LogP contribution in [0.5, 0.6) is 0 Å². The molecule has 3 rings (SSSR count). The van der Waals surface area contributed by atoms with Crippen molar-refractivity contribution in [2.75, 3.05) is 39.4 Å². The van der Waals surface area contributed by atoms with Crippen LogP contribution in [0.15, 0.2) is 18.2 Å². The van der Waals surface area contributed by atoms with Crippen LogP contribution in [0.1, 0.15) is 25.8 Å². The lowest BCUT2D eigenvalue weighted by Gasteiger charge is -2.31. The van der Waals surface area contributed by atoms with E-state index in [9.17, 15) is 13.6 Å². The van der Waals surface area contributed by atoms with Gasteiger partial charge in [0.2, 0.25) is 5.91 Å². The van der Waals surface area contributed by atoms with Crippen LogP contribution < -0.4 is 0 Å². The molecule has 0 unspecified atom stereocenters. The number of rotatable bonds is 4. The van der Waals surface area contributed by atoms with Gasteiger partial charge < -0.3 is 9.64 Å². The van der Waals surface area contributed by atoms with Crippen molar-refractivity contribution in [3.8, 4) is 0 Å². The lowest BCUT2D eigenvalue weighted by molar-refractivity contribution is -0.128. The number of carbonyl (C=O) groups is 1. The summed E-state index contributed by atoms with van der Waals surface area (Å²) in [5.74, 6) is -0.250. The fourth-order valence-corrected chi connectivity index (χ4v) is 3.91. The molecule has 2 saturated heterocycles. The standard InChI is InChI=1S/C19H26F2N2O2/c1-14(2)9-23-12-19(8-18(23)24)11-22(5-6-25-13-19)10-15-7-16(20)3-4-17(15)21/h3-4,7,14H,5-6,8-13H2,1-2H3/t19-/m1/s1. The Balaban J connectivity index is 1.73. The number of ether oxygens (including phenoxy) is 1. The van der Waals surface area contributed by atoms with Gasteiger partial charge in [-0.3, -0.25) is 9.69 Å². The molecule has 0 radical (unpaired) electrons. The Morgan fingerprint density at radius 2 is 2.08 bits per heavy atom. The van der Waals surface area contributed by atoms with E-state index >= 15 is 0 Å². The Labute approximate surface area is 147 Å². The molecule has 2 heterocycles. The van der Waals surface area contributed by atoms with Crippen LogP contribution in [0.25, 0.3) is 0 Å². The molecule has 2 aliphatic rings. The number of amides is 1. The summed E-state index contributed by atoms with van der Waals surface area (Å²) in [4.78, 5) is 16.4. The van der Waals surface area contributed by atoms with Crippen molar-refractivity contribution in [3.63, 3.8) is 0 Å². The van der Waals surface area contributed by atoms with Crippen LogP contribution in [0, 0.1) is 23.0 Å². The Kier molecular flexibility index (Phi) is 5.39. The molecule has 1 aromatic carbocycles. The van der Waals surface area contributed by atoms with Crippen molar-refractivity contribution >= 4 is 5.91 Å². The fourth-order valence-electron chi connectivity index (χ4n) is 3.91. The maximum atomic E-state index is 14.0. The zero-order valence-electron chi connectivity index (χ0n) is 14.9. The van der Waals surface area contributed by atoms with Crippen molar-refractivity contribution in [2.45, 2.75) is 26.8 Å². The van der Waals surface area contributed by atoms with E-state index in [-0.39, 0.29) is 11.3 Å². The Morgan fingerprint density at radius 1 is 1.28 bits per heavy atom. The van der Waals surface area contributed by atoms with Crippen LogP contribution in [0.2, 0.25) is 0 Å². The van der Waals surface area contributed by atoms with Gasteiger partial charge in [0.25, 0.3) is 0 Å². The molecule has 0 saturated carbocycles. The summed E-state index contributed by atoms with van der Waals surface area (Å²) in [6, 6.07) is 3.54.